The minimum absolute atomic E-state index is 1.04. The van der Waals surface area contributed by atoms with Crippen LogP contribution in [0.3, 0.4) is 0 Å². The first-order chi connectivity index (χ1) is 3.85. The maximum atomic E-state index is 11.5. The number of halogens is 3. The summed E-state index contributed by atoms with van der Waals surface area (Å²) in [6.45, 7) is -1.33. The third-order valence-electron chi connectivity index (χ3n) is 0.957. The Hall–Kier alpha value is -0.445. The van der Waals surface area contributed by atoms with E-state index in [4.69, 9.17) is 5.11 Å². The SMILES string of the molecule is C=C([C@H](C)O)[B-](F)(F)F. The lowest BCUT2D eigenvalue weighted by Crippen LogP contribution is -2.26. The monoisotopic (exact) mass is 139 g/mol. The van der Waals surface area contributed by atoms with Gasteiger partial charge in [-0.05, 0) is 6.92 Å². The molecule has 0 aliphatic rings. The highest BCUT2D eigenvalue weighted by molar-refractivity contribution is 6.66. The van der Waals surface area contributed by atoms with Gasteiger partial charge in [-0.25, -0.2) is 0 Å². The van der Waals surface area contributed by atoms with E-state index < -0.39 is 18.6 Å². The van der Waals surface area contributed by atoms with Gasteiger partial charge in [0.2, 0.25) is 0 Å². The smallest absolute Gasteiger partial charge is 0.445 e. The molecule has 0 rings (SSSR count). The molecule has 0 heterocycles. The highest BCUT2D eigenvalue weighted by Crippen LogP contribution is 2.20. The summed E-state index contributed by atoms with van der Waals surface area (Å²) in [6.07, 6.45) is -1.48. The van der Waals surface area contributed by atoms with Gasteiger partial charge in [0.15, 0.2) is 0 Å². The van der Waals surface area contributed by atoms with Crippen LogP contribution in [0.1, 0.15) is 6.92 Å². The fourth-order valence-electron chi connectivity index (χ4n) is 0.273. The number of hydrogen-bond donors (Lipinski definition) is 1. The van der Waals surface area contributed by atoms with E-state index >= 15 is 0 Å². The van der Waals surface area contributed by atoms with Gasteiger partial charge in [-0.2, -0.15) is 0 Å². The molecule has 0 aliphatic carbocycles. The molecule has 9 heavy (non-hydrogen) atoms. The predicted molar refractivity (Wildman–Crippen MR) is 29.9 cm³/mol. The summed E-state index contributed by atoms with van der Waals surface area (Å²) in [5.41, 5.74) is -1.05. The maximum absolute atomic E-state index is 11.5. The van der Waals surface area contributed by atoms with Gasteiger partial charge >= 0.3 is 6.98 Å². The van der Waals surface area contributed by atoms with Gasteiger partial charge in [0.25, 0.3) is 0 Å². The highest BCUT2D eigenvalue weighted by atomic mass is 19.4. The van der Waals surface area contributed by atoms with E-state index in [1.165, 1.54) is 0 Å². The number of rotatable bonds is 2. The third-order valence-corrected chi connectivity index (χ3v) is 0.957. The summed E-state index contributed by atoms with van der Waals surface area (Å²) in [7, 11) is 0. The van der Waals surface area contributed by atoms with Crippen LogP contribution in [0, 0.1) is 0 Å². The summed E-state index contributed by atoms with van der Waals surface area (Å²) in [4.78, 5) is 0. The van der Waals surface area contributed by atoms with Crippen LogP contribution in [0.5, 0.6) is 0 Å². The maximum Gasteiger partial charge on any atom is 0.507 e. The molecule has 0 aliphatic heterocycles. The van der Waals surface area contributed by atoms with E-state index in [0.717, 1.165) is 6.92 Å². The summed E-state index contributed by atoms with van der Waals surface area (Å²) in [6, 6.07) is 0. The van der Waals surface area contributed by atoms with Gasteiger partial charge < -0.3 is 18.1 Å². The third kappa shape index (κ3) is 2.55. The summed E-state index contributed by atoms with van der Waals surface area (Å²) < 4.78 is 34.5. The van der Waals surface area contributed by atoms with Crippen molar-refractivity contribution in [1.29, 1.82) is 0 Å². The second-order valence-electron chi connectivity index (χ2n) is 1.83. The van der Waals surface area contributed by atoms with Gasteiger partial charge in [-0.1, -0.05) is 0 Å². The molecule has 54 valence electrons. The van der Waals surface area contributed by atoms with Crippen molar-refractivity contribution >= 4 is 6.98 Å². The Kier molecular flexibility index (Phi) is 2.31. The topological polar surface area (TPSA) is 20.2 Å². The summed E-state index contributed by atoms with van der Waals surface area (Å²) in [5, 5.41) is 8.35. The van der Waals surface area contributed by atoms with Crippen LogP contribution in [0.4, 0.5) is 12.9 Å². The molecule has 1 atom stereocenters. The Labute approximate surface area is 51.2 Å². The largest absolute Gasteiger partial charge is 0.507 e. The Morgan fingerprint density at radius 2 is 1.89 bits per heavy atom. The van der Waals surface area contributed by atoms with Crippen LogP contribution < -0.4 is 0 Å². The quantitative estimate of drug-likeness (QED) is 0.571. The minimum Gasteiger partial charge on any atom is -0.445 e. The first-order valence-corrected chi connectivity index (χ1v) is 2.42. The van der Waals surface area contributed by atoms with Crippen LogP contribution in [-0.2, 0) is 0 Å². The van der Waals surface area contributed by atoms with Crippen molar-refractivity contribution in [3.8, 4) is 0 Å². The molecule has 1 nitrogen and oxygen atoms in total. The first-order valence-electron chi connectivity index (χ1n) is 2.42. The molecular weight excluding hydrogens is 132 g/mol. The van der Waals surface area contributed by atoms with E-state index in [9.17, 15) is 12.9 Å². The van der Waals surface area contributed by atoms with Crippen molar-refractivity contribution < 1.29 is 18.1 Å². The molecule has 0 saturated heterocycles. The van der Waals surface area contributed by atoms with Gasteiger partial charge in [-0.15, -0.1) is 12.1 Å². The Balaban J connectivity index is 4.06. The Bertz CT molecular complexity index is 117. The lowest BCUT2D eigenvalue weighted by atomic mass is 9.77. The van der Waals surface area contributed by atoms with E-state index in [0.29, 0.717) is 0 Å². The van der Waals surface area contributed by atoms with Crippen molar-refractivity contribution in [2.45, 2.75) is 13.0 Å². The second kappa shape index (κ2) is 2.43. The van der Waals surface area contributed by atoms with Gasteiger partial charge in [0, 0.05) is 6.10 Å². The molecule has 5 heteroatoms. The zero-order valence-electron chi connectivity index (χ0n) is 4.94. The summed E-state index contributed by atoms with van der Waals surface area (Å²) in [5.74, 6) is 0. The average Bonchev–Trinajstić information content (AvgIpc) is 1.62. The molecule has 0 radical (unpaired) electrons. The number of aliphatic hydroxyl groups excluding tert-OH is 1. The lowest BCUT2D eigenvalue weighted by molar-refractivity contribution is 0.231. The molecule has 0 fully saturated rings. The van der Waals surface area contributed by atoms with Crippen molar-refractivity contribution in [1.82, 2.24) is 0 Å². The van der Waals surface area contributed by atoms with Crippen LogP contribution in [0.15, 0.2) is 12.1 Å². The Morgan fingerprint density at radius 3 is 1.89 bits per heavy atom. The van der Waals surface area contributed by atoms with E-state index in [1.54, 1.807) is 0 Å². The average molecular weight is 139 g/mol. The van der Waals surface area contributed by atoms with Crippen LogP contribution >= 0.6 is 0 Å². The van der Waals surface area contributed by atoms with E-state index in [1.807, 2.05) is 0 Å². The van der Waals surface area contributed by atoms with Crippen molar-refractivity contribution in [2.24, 2.45) is 0 Å². The molecule has 0 aromatic carbocycles. The van der Waals surface area contributed by atoms with E-state index in [-0.39, 0.29) is 0 Å². The standard InChI is InChI=1S/C4H7BF3O/c1-3(4(2)9)5(6,7)8/h4,9H,1H2,2H3/q-1/t4-/m0/s1. The van der Waals surface area contributed by atoms with Crippen LogP contribution in [0.2, 0.25) is 0 Å². The van der Waals surface area contributed by atoms with Crippen LogP contribution in [-0.4, -0.2) is 18.2 Å². The molecule has 0 unspecified atom stereocenters. The van der Waals surface area contributed by atoms with E-state index in [2.05, 4.69) is 6.58 Å². The molecule has 0 bridgehead atoms. The Morgan fingerprint density at radius 1 is 1.56 bits per heavy atom. The predicted octanol–water partition coefficient (Wildman–Crippen LogP) is 1.31. The molecular formula is C4H7BF3O-. The highest BCUT2D eigenvalue weighted by Gasteiger charge is 2.28. The summed E-state index contributed by atoms with van der Waals surface area (Å²) >= 11 is 0. The van der Waals surface area contributed by atoms with Gasteiger partial charge in [0.1, 0.15) is 0 Å². The van der Waals surface area contributed by atoms with Gasteiger partial charge in [-0.3, -0.25) is 0 Å². The lowest BCUT2D eigenvalue weighted by Gasteiger charge is -2.19. The zero-order chi connectivity index (χ0) is 7.65. The molecule has 0 saturated carbocycles. The fraction of sp³-hybridized carbons (Fsp3) is 0.500. The second-order valence-corrected chi connectivity index (χ2v) is 1.83. The minimum atomic E-state index is -5.05. The number of hydrogen-bond acceptors (Lipinski definition) is 1. The normalized spacial score (nSPS) is 15.2. The van der Waals surface area contributed by atoms with Crippen molar-refractivity contribution in [2.75, 3.05) is 0 Å². The fourth-order valence-corrected chi connectivity index (χ4v) is 0.273. The van der Waals surface area contributed by atoms with Crippen LogP contribution in [0.25, 0.3) is 0 Å². The molecule has 0 spiro atoms. The molecule has 0 aromatic heterocycles. The van der Waals surface area contributed by atoms with Gasteiger partial charge in [0.05, 0.1) is 0 Å². The molecule has 0 aromatic rings. The number of aliphatic hydroxyl groups is 1. The molecule has 1 N–H and O–H groups in total. The van der Waals surface area contributed by atoms with Crippen molar-refractivity contribution in [3.63, 3.8) is 0 Å². The zero-order valence-corrected chi connectivity index (χ0v) is 4.94. The first kappa shape index (κ1) is 8.55. The van der Waals surface area contributed by atoms with Crippen molar-refractivity contribution in [3.05, 3.63) is 12.1 Å². The molecule has 0 amide bonds.